The Kier molecular flexibility index (Phi) is 6.93. The maximum atomic E-state index is 14.7. The molecule has 0 spiro atoms. The third-order valence-corrected chi connectivity index (χ3v) is 6.71. The second kappa shape index (κ2) is 9.56. The van der Waals surface area contributed by atoms with Gasteiger partial charge in [0.25, 0.3) is 5.91 Å². The highest BCUT2D eigenvalue weighted by molar-refractivity contribution is 7.89. The fraction of sp³-hybridized carbons (Fsp3) is 0.435. The average molecular weight is 499 g/mol. The van der Waals surface area contributed by atoms with E-state index in [0.29, 0.717) is 29.4 Å². The van der Waals surface area contributed by atoms with Crippen molar-refractivity contribution in [3.63, 3.8) is 0 Å². The minimum Gasteiger partial charge on any atom is -0.489 e. The van der Waals surface area contributed by atoms with Crippen molar-refractivity contribution in [1.29, 1.82) is 0 Å². The van der Waals surface area contributed by atoms with Crippen LogP contribution in [0.25, 0.3) is 0 Å². The first-order valence-corrected chi connectivity index (χ1v) is 13.0. The Balaban J connectivity index is 1.49. The van der Waals surface area contributed by atoms with Gasteiger partial charge in [0.1, 0.15) is 23.5 Å². The van der Waals surface area contributed by atoms with Crippen LogP contribution in [-0.4, -0.2) is 44.7 Å². The number of carbonyl (C=O) groups excluding carboxylic acids is 1. The van der Waals surface area contributed by atoms with Crippen LogP contribution in [0.15, 0.2) is 30.3 Å². The maximum absolute atomic E-state index is 14.7. The number of ether oxygens (including phenoxy) is 1. The van der Waals surface area contributed by atoms with E-state index in [1.165, 1.54) is 24.3 Å². The molecule has 0 unspecified atom stereocenters. The SMILES string of the molecule is CS(=O)(=O)NC(=O)c1cc(C2CC2)c(O[C@H]2CCCN(Cc3ccc(F)cc3Cl)C2)cc1F. The van der Waals surface area contributed by atoms with Gasteiger partial charge in [0, 0.05) is 24.2 Å². The summed E-state index contributed by atoms with van der Waals surface area (Å²) in [6.07, 6.45) is 4.11. The summed E-state index contributed by atoms with van der Waals surface area (Å²) in [6, 6.07) is 6.93. The van der Waals surface area contributed by atoms with Crippen LogP contribution >= 0.6 is 11.6 Å². The topological polar surface area (TPSA) is 75.7 Å². The second-order valence-corrected chi connectivity index (χ2v) is 10.9. The van der Waals surface area contributed by atoms with Crippen LogP contribution in [-0.2, 0) is 16.6 Å². The monoisotopic (exact) mass is 498 g/mol. The first-order chi connectivity index (χ1) is 15.6. The van der Waals surface area contributed by atoms with Gasteiger partial charge in [-0.3, -0.25) is 9.69 Å². The van der Waals surface area contributed by atoms with Crippen LogP contribution < -0.4 is 9.46 Å². The lowest BCUT2D eigenvalue weighted by Crippen LogP contribution is -2.40. The fourth-order valence-electron chi connectivity index (χ4n) is 4.11. The Labute approximate surface area is 196 Å². The first-order valence-electron chi connectivity index (χ1n) is 10.8. The molecule has 0 radical (unpaired) electrons. The number of amides is 1. The van der Waals surface area contributed by atoms with Gasteiger partial charge in [-0.25, -0.2) is 21.9 Å². The number of sulfonamides is 1. The standard InChI is InChI=1S/C23H25ClF2N2O4S/c1-33(30,31)27-23(29)19-10-18(14-4-5-14)22(11-21(19)26)32-17-3-2-8-28(13-17)12-15-6-7-16(25)9-20(15)24/h6-7,9-11,14,17H,2-5,8,12-13H2,1H3,(H,27,29)/t17-/m0/s1. The number of halogens is 3. The Bertz CT molecular complexity index is 1170. The molecule has 1 heterocycles. The molecule has 1 aliphatic heterocycles. The van der Waals surface area contributed by atoms with E-state index in [1.807, 2.05) is 4.72 Å². The average Bonchev–Trinajstić information content (AvgIpc) is 3.54. The molecular weight excluding hydrogens is 474 g/mol. The maximum Gasteiger partial charge on any atom is 0.267 e. The molecule has 0 bridgehead atoms. The van der Waals surface area contributed by atoms with Gasteiger partial charge in [-0.1, -0.05) is 17.7 Å². The Morgan fingerprint density at radius 3 is 2.64 bits per heavy atom. The van der Waals surface area contributed by atoms with Gasteiger partial charge in [0.05, 0.1) is 11.8 Å². The van der Waals surface area contributed by atoms with E-state index in [0.717, 1.165) is 44.0 Å². The Morgan fingerprint density at radius 2 is 1.97 bits per heavy atom. The number of nitrogens with one attached hydrogen (secondary N) is 1. The molecule has 1 aliphatic carbocycles. The number of likely N-dealkylation sites (tertiary alicyclic amines) is 1. The van der Waals surface area contributed by atoms with E-state index < -0.39 is 21.7 Å². The lowest BCUT2D eigenvalue weighted by atomic mass is 10.0. The van der Waals surface area contributed by atoms with Gasteiger partial charge in [-0.2, -0.15) is 0 Å². The molecule has 178 valence electrons. The molecule has 10 heteroatoms. The summed E-state index contributed by atoms with van der Waals surface area (Å²) in [7, 11) is -3.81. The molecular formula is C23H25ClF2N2O4S. The van der Waals surface area contributed by atoms with E-state index >= 15 is 0 Å². The zero-order valence-corrected chi connectivity index (χ0v) is 19.7. The van der Waals surface area contributed by atoms with Gasteiger partial charge in [0.15, 0.2) is 0 Å². The summed E-state index contributed by atoms with van der Waals surface area (Å²) in [6.45, 7) is 1.98. The minimum atomic E-state index is -3.81. The van der Waals surface area contributed by atoms with Crippen molar-refractivity contribution in [2.75, 3.05) is 19.3 Å². The van der Waals surface area contributed by atoms with Crippen LogP contribution in [0.5, 0.6) is 5.75 Å². The number of hydrogen-bond acceptors (Lipinski definition) is 5. The highest BCUT2D eigenvalue weighted by Gasteiger charge is 2.31. The van der Waals surface area contributed by atoms with E-state index in [-0.39, 0.29) is 23.4 Å². The number of carbonyl (C=O) groups is 1. The summed E-state index contributed by atoms with van der Waals surface area (Å²) in [5, 5.41) is 0.374. The number of benzene rings is 2. The molecule has 4 rings (SSSR count). The molecule has 33 heavy (non-hydrogen) atoms. The van der Waals surface area contributed by atoms with Gasteiger partial charge < -0.3 is 4.74 Å². The van der Waals surface area contributed by atoms with Crippen LogP contribution in [0.1, 0.15) is 53.1 Å². The molecule has 2 fully saturated rings. The van der Waals surface area contributed by atoms with Crippen molar-refractivity contribution in [2.24, 2.45) is 0 Å². The molecule has 2 aromatic carbocycles. The van der Waals surface area contributed by atoms with E-state index in [2.05, 4.69) is 4.90 Å². The third-order valence-electron chi connectivity index (χ3n) is 5.80. The summed E-state index contributed by atoms with van der Waals surface area (Å²) in [5.74, 6) is -1.67. The molecule has 1 amide bonds. The van der Waals surface area contributed by atoms with Crippen molar-refractivity contribution >= 4 is 27.5 Å². The van der Waals surface area contributed by atoms with Crippen molar-refractivity contribution in [1.82, 2.24) is 9.62 Å². The fourth-order valence-corrected chi connectivity index (χ4v) is 4.78. The van der Waals surface area contributed by atoms with Crippen LogP contribution in [0, 0.1) is 11.6 Å². The number of rotatable bonds is 7. The van der Waals surface area contributed by atoms with E-state index in [4.69, 9.17) is 16.3 Å². The van der Waals surface area contributed by atoms with E-state index in [1.54, 1.807) is 6.07 Å². The zero-order valence-electron chi connectivity index (χ0n) is 18.1. The summed E-state index contributed by atoms with van der Waals surface area (Å²) in [4.78, 5) is 14.4. The highest BCUT2D eigenvalue weighted by Crippen LogP contribution is 2.45. The van der Waals surface area contributed by atoms with Crippen LogP contribution in [0.2, 0.25) is 5.02 Å². The number of nitrogens with zero attached hydrogens (tertiary/aromatic N) is 1. The van der Waals surface area contributed by atoms with Crippen molar-refractivity contribution in [3.8, 4) is 5.75 Å². The number of piperidine rings is 1. The van der Waals surface area contributed by atoms with Crippen LogP contribution in [0.4, 0.5) is 8.78 Å². The van der Waals surface area contributed by atoms with Gasteiger partial charge in [0.2, 0.25) is 10.0 Å². The molecule has 1 saturated carbocycles. The van der Waals surface area contributed by atoms with E-state index in [9.17, 15) is 22.0 Å². The van der Waals surface area contributed by atoms with Gasteiger partial charge in [-0.05, 0) is 67.5 Å². The normalized spacial score (nSPS) is 19.3. The smallest absolute Gasteiger partial charge is 0.267 e. The molecule has 2 aliphatic rings. The lowest BCUT2D eigenvalue weighted by Gasteiger charge is -2.33. The predicted molar refractivity (Wildman–Crippen MR) is 121 cm³/mol. The largest absolute Gasteiger partial charge is 0.489 e. The summed E-state index contributed by atoms with van der Waals surface area (Å²) >= 11 is 6.17. The van der Waals surface area contributed by atoms with Crippen molar-refractivity contribution in [3.05, 3.63) is 63.7 Å². The number of hydrogen-bond donors (Lipinski definition) is 1. The van der Waals surface area contributed by atoms with Crippen molar-refractivity contribution < 1.29 is 26.7 Å². The Morgan fingerprint density at radius 1 is 1.21 bits per heavy atom. The second-order valence-electron chi connectivity index (χ2n) is 8.70. The highest BCUT2D eigenvalue weighted by atomic mass is 35.5. The molecule has 6 nitrogen and oxygen atoms in total. The lowest BCUT2D eigenvalue weighted by molar-refractivity contribution is 0.0832. The molecule has 1 saturated heterocycles. The van der Waals surface area contributed by atoms with Gasteiger partial charge >= 0.3 is 0 Å². The summed E-state index contributed by atoms with van der Waals surface area (Å²) in [5.41, 5.74) is 1.23. The predicted octanol–water partition coefficient (Wildman–Crippen LogP) is 4.23. The zero-order chi connectivity index (χ0) is 23.8. The molecule has 2 aromatic rings. The Hall–Kier alpha value is -2.23. The minimum absolute atomic E-state index is 0.156. The molecule has 0 aromatic heterocycles. The molecule has 1 atom stereocenters. The molecule has 1 N–H and O–H groups in total. The van der Waals surface area contributed by atoms with Gasteiger partial charge in [-0.15, -0.1) is 0 Å². The van der Waals surface area contributed by atoms with Crippen LogP contribution in [0.3, 0.4) is 0 Å². The first kappa shape index (κ1) is 23.9. The quantitative estimate of drug-likeness (QED) is 0.618. The third kappa shape index (κ3) is 6.22. The summed E-state index contributed by atoms with van der Waals surface area (Å²) < 4.78 is 58.8. The van der Waals surface area contributed by atoms with Crippen molar-refractivity contribution in [2.45, 2.75) is 44.2 Å².